The number of ether oxygens (including phenoxy) is 4. The van der Waals surface area contributed by atoms with E-state index in [1.165, 1.54) is 54.3 Å². The molecule has 1 N–H and O–H groups in total. The van der Waals surface area contributed by atoms with Gasteiger partial charge in [0, 0.05) is 11.3 Å². The van der Waals surface area contributed by atoms with Gasteiger partial charge in [-0.05, 0) is 62.1 Å². The molecule has 0 aromatic heterocycles. The van der Waals surface area contributed by atoms with Crippen LogP contribution in [0.5, 0.6) is 17.2 Å². The van der Waals surface area contributed by atoms with Gasteiger partial charge in [-0.2, -0.15) is 0 Å². The summed E-state index contributed by atoms with van der Waals surface area (Å²) in [4.78, 5) is 39.3. The molecule has 3 aliphatic heterocycles. The number of hydrogen-bond acceptors (Lipinski definition) is 9. The van der Waals surface area contributed by atoms with Crippen LogP contribution in [-0.2, 0) is 36.7 Å². The van der Waals surface area contributed by atoms with Crippen molar-refractivity contribution >= 4 is 75.5 Å². The topological polar surface area (TPSA) is 126 Å². The van der Waals surface area contributed by atoms with Gasteiger partial charge in [-0.15, -0.1) is 11.6 Å². The third-order valence-corrected chi connectivity index (χ3v) is 12.6. The Morgan fingerprint density at radius 1 is 1.12 bits per heavy atom. The van der Waals surface area contributed by atoms with E-state index in [0.29, 0.717) is 23.0 Å². The second-order valence-electron chi connectivity index (χ2n) is 12.5. The molecule has 0 spiro atoms. The number of halogens is 3. The van der Waals surface area contributed by atoms with Crippen molar-refractivity contribution in [3.63, 3.8) is 0 Å². The monoisotopic (exact) mass is 814 g/mol. The molecule has 284 valence electrons. The highest BCUT2D eigenvalue weighted by Gasteiger charge is 2.55. The van der Waals surface area contributed by atoms with Gasteiger partial charge in [0.25, 0.3) is 16.3 Å². The number of para-hydroxylation sites is 1. The van der Waals surface area contributed by atoms with Gasteiger partial charge in [0.1, 0.15) is 33.9 Å². The average Bonchev–Trinajstić information content (AvgIpc) is 3.60. The largest absolute Gasteiger partial charge is 0.616 e. The number of allylic oxidation sites excluding steroid dienone is 1. The highest BCUT2D eigenvalue weighted by molar-refractivity contribution is 8.04. The van der Waals surface area contributed by atoms with E-state index in [4.69, 9.17) is 53.8 Å². The summed E-state index contributed by atoms with van der Waals surface area (Å²) in [6.07, 6.45) is 8.32. The Hall–Kier alpha value is -2.74. The number of nitrogens with zero attached hydrogens (tertiary/aromatic N) is 1. The minimum atomic E-state index is -1.94. The number of esters is 1. The van der Waals surface area contributed by atoms with E-state index in [2.05, 4.69) is 25.7 Å². The summed E-state index contributed by atoms with van der Waals surface area (Å²) >= 11 is 17.7. The van der Waals surface area contributed by atoms with Gasteiger partial charge >= 0.3 is 5.97 Å². The summed E-state index contributed by atoms with van der Waals surface area (Å²) in [5.41, 5.74) is 1.59. The summed E-state index contributed by atoms with van der Waals surface area (Å²) in [7, 11) is 0. The number of unbranched alkanes of at least 4 members (excludes halogenated alkanes) is 5. The number of amides is 2. The van der Waals surface area contributed by atoms with Gasteiger partial charge < -0.3 is 28.8 Å². The molecule has 1 fully saturated rings. The SMILES string of the molecule is C=C1S[C@@H]2C(NC(=O)COc3ccccc3)C(=O)N2C(C(=O)OC(Cl)(Cl)CCl)=C1C.CCCCCCCC[S+]([O-])C(C)Cc1ccc2c(c1)OCO2. The van der Waals surface area contributed by atoms with Crippen LogP contribution in [0.2, 0.25) is 0 Å². The average molecular weight is 816 g/mol. The van der Waals surface area contributed by atoms with Crippen molar-refractivity contribution in [2.45, 2.75) is 86.9 Å². The van der Waals surface area contributed by atoms with Gasteiger partial charge in [-0.25, -0.2) is 4.79 Å². The van der Waals surface area contributed by atoms with Crippen molar-refractivity contribution in [1.29, 1.82) is 0 Å². The fourth-order valence-electron chi connectivity index (χ4n) is 5.56. The Bertz CT molecular complexity index is 1600. The highest BCUT2D eigenvalue weighted by atomic mass is 35.5. The molecular formula is C37H45Cl3N2O8S2. The molecule has 4 atom stereocenters. The number of fused-ring (bicyclic) bond motifs is 2. The summed E-state index contributed by atoms with van der Waals surface area (Å²) in [6.45, 7) is 9.89. The minimum absolute atomic E-state index is 0.0319. The number of rotatable bonds is 17. The summed E-state index contributed by atoms with van der Waals surface area (Å²) in [5, 5.41) is 2.25. The van der Waals surface area contributed by atoms with E-state index < -0.39 is 44.9 Å². The van der Waals surface area contributed by atoms with Crippen LogP contribution >= 0.6 is 46.6 Å². The molecule has 0 radical (unpaired) electrons. The zero-order chi connectivity index (χ0) is 37.8. The Morgan fingerprint density at radius 2 is 1.81 bits per heavy atom. The molecule has 1 saturated heterocycles. The third kappa shape index (κ3) is 11.6. The van der Waals surface area contributed by atoms with Crippen LogP contribution in [0.4, 0.5) is 0 Å². The number of β-lactam (4-membered cyclic amide) rings is 1. The van der Waals surface area contributed by atoms with Crippen molar-refractivity contribution < 1.29 is 37.9 Å². The lowest BCUT2D eigenvalue weighted by molar-refractivity contribution is -0.154. The van der Waals surface area contributed by atoms with Crippen LogP contribution in [0.3, 0.4) is 0 Å². The minimum Gasteiger partial charge on any atom is -0.616 e. The fourth-order valence-corrected chi connectivity index (χ4v) is 8.23. The van der Waals surface area contributed by atoms with Crippen molar-refractivity contribution in [3.05, 3.63) is 76.8 Å². The van der Waals surface area contributed by atoms with Gasteiger partial charge in [-0.1, -0.05) is 110 Å². The van der Waals surface area contributed by atoms with Crippen molar-refractivity contribution in [1.82, 2.24) is 10.2 Å². The maximum atomic E-state index is 12.7. The Morgan fingerprint density at radius 3 is 2.52 bits per heavy atom. The number of carbonyl (C=O) groups is 3. The van der Waals surface area contributed by atoms with E-state index in [1.54, 1.807) is 31.2 Å². The van der Waals surface area contributed by atoms with Crippen LogP contribution < -0.4 is 19.5 Å². The number of hydrogen-bond donors (Lipinski definition) is 1. The van der Waals surface area contributed by atoms with Crippen LogP contribution in [0.25, 0.3) is 0 Å². The lowest BCUT2D eigenvalue weighted by Crippen LogP contribution is -2.70. The van der Waals surface area contributed by atoms with E-state index in [-0.39, 0.29) is 23.4 Å². The zero-order valence-electron chi connectivity index (χ0n) is 29.5. The molecule has 0 saturated carbocycles. The maximum Gasteiger partial charge on any atom is 0.358 e. The Balaban J connectivity index is 0.000000244. The second-order valence-corrected chi connectivity index (χ2v) is 17.3. The van der Waals surface area contributed by atoms with E-state index in [0.717, 1.165) is 30.1 Å². The Kier molecular flexibility index (Phi) is 16.2. The smallest absolute Gasteiger partial charge is 0.358 e. The van der Waals surface area contributed by atoms with Crippen molar-refractivity contribution in [2.75, 3.05) is 25.0 Å². The highest BCUT2D eigenvalue weighted by Crippen LogP contribution is 2.46. The lowest BCUT2D eigenvalue weighted by Gasteiger charge is -2.49. The molecule has 0 bridgehead atoms. The number of thioether (sulfide) groups is 1. The van der Waals surface area contributed by atoms with Gasteiger partial charge in [0.05, 0.1) is 5.88 Å². The van der Waals surface area contributed by atoms with Crippen LogP contribution in [0, 0.1) is 0 Å². The molecule has 52 heavy (non-hydrogen) atoms. The Labute approximate surface area is 328 Å². The van der Waals surface area contributed by atoms with Crippen LogP contribution in [0.1, 0.15) is 64.9 Å². The molecule has 15 heteroatoms. The van der Waals surface area contributed by atoms with Crippen molar-refractivity contribution in [3.8, 4) is 17.2 Å². The first-order chi connectivity index (χ1) is 24.8. The third-order valence-electron chi connectivity index (χ3n) is 8.45. The molecule has 5 rings (SSSR count). The van der Waals surface area contributed by atoms with Gasteiger partial charge in [0.2, 0.25) is 6.79 Å². The predicted octanol–water partition coefficient (Wildman–Crippen LogP) is 7.62. The normalized spacial score (nSPS) is 18.8. The summed E-state index contributed by atoms with van der Waals surface area (Å²) in [5.74, 6) is 0.773. The summed E-state index contributed by atoms with van der Waals surface area (Å²) < 4.78 is 31.5. The second kappa shape index (κ2) is 20.1. The molecule has 10 nitrogen and oxygen atoms in total. The molecule has 2 aromatic rings. The molecule has 2 amide bonds. The molecule has 3 unspecified atom stereocenters. The number of benzene rings is 2. The lowest BCUT2D eigenvalue weighted by atomic mass is 10.0. The first kappa shape index (κ1) is 42.0. The molecule has 2 aromatic carbocycles. The molecule has 3 aliphatic rings. The van der Waals surface area contributed by atoms with E-state index >= 15 is 0 Å². The quantitative estimate of drug-likeness (QED) is 0.0565. The first-order valence-corrected chi connectivity index (χ1v) is 20.7. The van der Waals surface area contributed by atoms with Gasteiger partial charge in [0.15, 0.2) is 18.1 Å². The van der Waals surface area contributed by atoms with E-state index in [1.807, 2.05) is 24.3 Å². The zero-order valence-corrected chi connectivity index (χ0v) is 33.4. The summed E-state index contributed by atoms with van der Waals surface area (Å²) in [6, 6.07) is 14.0. The molecule has 0 aliphatic carbocycles. The molecule has 3 heterocycles. The standard InChI is InChI=1S/C19H17Cl3N2O5S.C18H28O3S/c1-10-11(2)30-17-14(23-13(25)8-28-12-6-4-3-5-7-12)16(26)24(17)15(10)18(27)29-19(21,22)9-20;1-3-4-5-6-7-8-11-22(19)15(2)12-16-9-10-17-18(13-16)21-14-20-17/h3-7,14,17H,2,8-9H2,1H3,(H,23,25);9-10,13,15H,3-8,11-12,14H2,1-2H3/t14?,17-;/m1./s1. The first-order valence-electron chi connectivity index (χ1n) is 17.1. The number of alkyl halides is 3. The number of carbonyl (C=O) groups excluding carboxylic acids is 3. The molecular weight excluding hydrogens is 771 g/mol. The predicted molar refractivity (Wildman–Crippen MR) is 207 cm³/mol. The van der Waals surface area contributed by atoms with Crippen molar-refractivity contribution in [2.24, 2.45) is 0 Å². The van der Waals surface area contributed by atoms with E-state index in [9.17, 15) is 18.9 Å². The van der Waals surface area contributed by atoms with Crippen LogP contribution in [-0.4, -0.2) is 73.5 Å². The number of nitrogens with one attached hydrogen (secondary N) is 1. The van der Waals surface area contributed by atoms with Gasteiger partial charge in [-0.3, -0.25) is 14.5 Å². The maximum absolute atomic E-state index is 12.7. The van der Waals surface area contributed by atoms with Crippen LogP contribution in [0.15, 0.2) is 71.3 Å². The fraction of sp³-hybridized carbons (Fsp3) is 0.486.